The van der Waals surface area contributed by atoms with Crippen LogP contribution < -0.4 is 9.44 Å². The fourth-order valence-corrected chi connectivity index (χ4v) is 3.25. The SMILES string of the molecule is CNS(=O)(=O)N[C@@H]1CN(C(=O)O)[C@H](COCc2ccccc2)C1(F)F. The van der Waals surface area contributed by atoms with Crippen LogP contribution in [0.4, 0.5) is 13.6 Å². The van der Waals surface area contributed by atoms with Gasteiger partial charge in [-0.2, -0.15) is 13.1 Å². The highest BCUT2D eigenvalue weighted by Gasteiger charge is 2.59. The van der Waals surface area contributed by atoms with E-state index in [4.69, 9.17) is 9.84 Å². The maximum absolute atomic E-state index is 14.5. The number of rotatable bonds is 7. The van der Waals surface area contributed by atoms with E-state index in [1.165, 1.54) is 0 Å². The summed E-state index contributed by atoms with van der Waals surface area (Å²) in [5.74, 6) is -3.63. The van der Waals surface area contributed by atoms with Crippen molar-refractivity contribution in [3.63, 3.8) is 0 Å². The number of amides is 1. The predicted octanol–water partition coefficient (Wildman–Crippen LogP) is 0.623. The maximum atomic E-state index is 14.5. The molecule has 1 heterocycles. The number of hydrogen-bond acceptors (Lipinski definition) is 4. The number of ether oxygens (including phenoxy) is 1. The molecule has 0 radical (unpaired) electrons. The van der Waals surface area contributed by atoms with Gasteiger partial charge in [0.1, 0.15) is 12.1 Å². The third-order valence-electron chi connectivity index (χ3n) is 3.86. The van der Waals surface area contributed by atoms with E-state index < -0.39 is 47.5 Å². The predicted molar refractivity (Wildman–Crippen MR) is 84.5 cm³/mol. The number of hydrogen-bond donors (Lipinski definition) is 3. The summed E-state index contributed by atoms with van der Waals surface area (Å²) in [5, 5.41) is 9.15. The number of nitrogens with one attached hydrogen (secondary N) is 2. The van der Waals surface area contributed by atoms with Crippen molar-refractivity contribution in [2.75, 3.05) is 20.2 Å². The Hall–Kier alpha value is -1.82. The third kappa shape index (κ3) is 4.63. The van der Waals surface area contributed by atoms with Gasteiger partial charge in [0.25, 0.3) is 16.1 Å². The molecule has 1 aliphatic heterocycles. The van der Waals surface area contributed by atoms with Crippen molar-refractivity contribution in [1.82, 2.24) is 14.3 Å². The van der Waals surface area contributed by atoms with Gasteiger partial charge in [-0.05, 0) is 5.56 Å². The van der Waals surface area contributed by atoms with Crippen molar-refractivity contribution >= 4 is 16.3 Å². The molecule has 0 unspecified atom stereocenters. The summed E-state index contributed by atoms with van der Waals surface area (Å²) in [7, 11) is -3.09. The first-order valence-electron chi connectivity index (χ1n) is 7.37. The molecule has 25 heavy (non-hydrogen) atoms. The van der Waals surface area contributed by atoms with Gasteiger partial charge in [0, 0.05) is 13.6 Å². The summed E-state index contributed by atoms with van der Waals surface area (Å²) in [6.45, 7) is -1.21. The van der Waals surface area contributed by atoms with E-state index in [9.17, 15) is 22.0 Å². The van der Waals surface area contributed by atoms with Crippen LogP contribution >= 0.6 is 0 Å². The molecule has 0 bridgehead atoms. The van der Waals surface area contributed by atoms with Crippen LogP contribution in [0.3, 0.4) is 0 Å². The normalized spacial score (nSPS) is 22.9. The number of carbonyl (C=O) groups is 1. The molecular formula is C14H19F2N3O5S. The monoisotopic (exact) mass is 379 g/mol. The number of halogens is 2. The number of likely N-dealkylation sites (tertiary alicyclic amines) is 1. The molecule has 2 rings (SSSR count). The van der Waals surface area contributed by atoms with Crippen LogP contribution in [-0.4, -0.2) is 62.7 Å². The molecule has 1 aromatic rings. The van der Waals surface area contributed by atoms with E-state index in [1.807, 2.05) is 4.72 Å². The van der Waals surface area contributed by atoms with E-state index in [2.05, 4.69) is 0 Å². The maximum Gasteiger partial charge on any atom is 0.407 e. The van der Waals surface area contributed by atoms with Crippen molar-refractivity contribution in [3.05, 3.63) is 35.9 Å². The zero-order valence-corrected chi connectivity index (χ0v) is 14.2. The van der Waals surface area contributed by atoms with Gasteiger partial charge in [0.2, 0.25) is 0 Å². The first-order chi connectivity index (χ1) is 11.7. The first-order valence-corrected chi connectivity index (χ1v) is 8.85. The van der Waals surface area contributed by atoms with Crippen molar-refractivity contribution in [1.29, 1.82) is 0 Å². The molecule has 1 fully saturated rings. The summed E-state index contributed by atoms with van der Waals surface area (Å²) in [4.78, 5) is 11.8. The van der Waals surface area contributed by atoms with Crippen molar-refractivity contribution < 1.29 is 31.8 Å². The minimum Gasteiger partial charge on any atom is -0.465 e. The quantitative estimate of drug-likeness (QED) is 0.644. The summed E-state index contributed by atoms with van der Waals surface area (Å²) in [5.41, 5.74) is 0.748. The van der Waals surface area contributed by atoms with Gasteiger partial charge >= 0.3 is 6.09 Å². The fourth-order valence-electron chi connectivity index (χ4n) is 2.52. The van der Waals surface area contributed by atoms with Gasteiger partial charge in [-0.15, -0.1) is 0 Å². The second kappa shape index (κ2) is 7.60. The number of carboxylic acid groups (broad SMARTS) is 1. The average Bonchev–Trinajstić information content (AvgIpc) is 2.80. The van der Waals surface area contributed by atoms with Gasteiger partial charge < -0.3 is 9.84 Å². The summed E-state index contributed by atoms with van der Waals surface area (Å²) in [6.07, 6.45) is -1.57. The minimum absolute atomic E-state index is 0.0355. The van der Waals surface area contributed by atoms with E-state index in [1.54, 1.807) is 35.1 Å². The van der Waals surface area contributed by atoms with E-state index in [0.717, 1.165) is 12.6 Å². The van der Waals surface area contributed by atoms with Crippen LogP contribution in [0, 0.1) is 0 Å². The molecule has 0 spiro atoms. The second-order valence-electron chi connectivity index (χ2n) is 5.50. The van der Waals surface area contributed by atoms with Crippen molar-refractivity contribution in [2.24, 2.45) is 0 Å². The van der Waals surface area contributed by atoms with E-state index >= 15 is 0 Å². The summed E-state index contributed by atoms with van der Waals surface area (Å²) >= 11 is 0. The molecule has 0 saturated carbocycles. The lowest BCUT2D eigenvalue weighted by Crippen LogP contribution is -2.52. The van der Waals surface area contributed by atoms with Gasteiger partial charge in [-0.3, -0.25) is 4.90 Å². The Kier molecular flexibility index (Phi) is 5.93. The number of benzene rings is 1. The largest absolute Gasteiger partial charge is 0.465 e. The Morgan fingerprint density at radius 1 is 1.40 bits per heavy atom. The lowest BCUT2D eigenvalue weighted by molar-refractivity contribution is -0.0728. The molecular weight excluding hydrogens is 360 g/mol. The zero-order chi connectivity index (χ0) is 18.7. The fraction of sp³-hybridized carbons (Fsp3) is 0.500. The lowest BCUT2D eigenvalue weighted by atomic mass is 10.1. The third-order valence-corrected chi connectivity index (χ3v) is 5.00. The highest BCUT2D eigenvalue weighted by atomic mass is 32.2. The van der Waals surface area contributed by atoms with E-state index in [0.29, 0.717) is 4.90 Å². The summed E-state index contributed by atoms with van der Waals surface area (Å²) < 4.78 is 60.9. The van der Waals surface area contributed by atoms with Crippen LogP contribution in [0.5, 0.6) is 0 Å². The summed E-state index contributed by atoms with van der Waals surface area (Å²) in [6, 6.07) is 5.12. The number of alkyl halides is 2. The van der Waals surface area contributed by atoms with Gasteiger partial charge in [0.05, 0.1) is 13.2 Å². The van der Waals surface area contributed by atoms with Crippen LogP contribution in [0.1, 0.15) is 5.56 Å². The van der Waals surface area contributed by atoms with Gasteiger partial charge in [-0.1, -0.05) is 30.3 Å². The smallest absolute Gasteiger partial charge is 0.407 e. The second-order valence-corrected chi connectivity index (χ2v) is 7.15. The zero-order valence-electron chi connectivity index (χ0n) is 13.4. The van der Waals surface area contributed by atoms with Gasteiger partial charge in [-0.25, -0.2) is 18.3 Å². The Morgan fingerprint density at radius 3 is 2.60 bits per heavy atom. The number of nitrogens with zero attached hydrogens (tertiary/aromatic N) is 1. The minimum atomic E-state index is -4.15. The lowest BCUT2D eigenvalue weighted by Gasteiger charge is -2.26. The molecule has 1 aliphatic rings. The van der Waals surface area contributed by atoms with Crippen molar-refractivity contribution in [2.45, 2.75) is 24.6 Å². The molecule has 140 valence electrons. The molecule has 2 atom stereocenters. The Bertz CT molecular complexity index is 702. The molecule has 1 aromatic carbocycles. The standard InChI is InChI=1S/C14H19F2N3O5S/c1-17-25(22,23)18-11-7-19(13(20)21)12(14(11,15)16)9-24-8-10-5-3-2-4-6-10/h2-6,11-12,17-18H,7-9H2,1H3,(H,20,21)/t11-,12-/m1/s1. The molecule has 11 heteroatoms. The van der Waals surface area contributed by atoms with Crippen LogP contribution in [0.25, 0.3) is 0 Å². The van der Waals surface area contributed by atoms with Crippen LogP contribution in [-0.2, 0) is 21.6 Å². The highest BCUT2D eigenvalue weighted by Crippen LogP contribution is 2.35. The van der Waals surface area contributed by atoms with Crippen LogP contribution in [0.15, 0.2) is 30.3 Å². The molecule has 0 aromatic heterocycles. The Morgan fingerprint density at radius 2 is 2.04 bits per heavy atom. The first kappa shape index (κ1) is 19.5. The topological polar surface area (TPSA) is 108 Å². The molecule has 1 amide bonds. The molecule has 1 saturated heterocycles. The molecule has 8 nitrogen and oxygen atoms in total. The Balaban J connectivity index is 2.09. The Labute approximate surface area is 144 Å². The average molecular weight is 379 g/mol. The molecule has 0 aliphatic carbocycles. The molecule has 3 N–H and O–H groups in total. The van der Waals surface area contributed by atoms with Crippen molar-refractivity contribution in [3.8, 4) is 0 Å². The van der Waals surface area contributed by atoms with Gasteiger partial charge in [0.15, 0.2) is 0 Å². The van der Waals surface area contributed by atoms with E-state index in [-0.39, 0.29) is 6.61 Å². The van der Waals surface area contributed by atoms with Crippen LogP contribution in [0.2, 0.25) is 0 Å². The highest BCUT2D eigenvalue weighted by molar-refractivity contribution is 7.87.